The lowest BCUT2D eigenvalue weighted by Gasteiger charge is -2.16. The summed E-state index contributed by atoms with van der Waals surface area (Å²) >= 11 is 0. The third-order valence-corrected chi connectivity index (χ3v) is 2.68. The molecular formula is C12H22O7P+. The van der Waals surface area contributed by atoms with Gasteiger partial charge in [0, 0.05) is 4.57 Å². The molecule has 116 valence electrons. The van der Waals surface area contributed by atoms with Crippen LogP contribution in [-0.4, -0.2) is 48.2 Å². The molecule has 7 nitrogen and oxygen atoms in total. The first-order chi connectivity index (χ1) is 9.42. The summed E-state index contributed by atoms with van der Waals surface area (Å²) in [7, 11) is -2.65. The van der Waals surface area contributed by atoms with Gasteiger partial charge in [0.15, 0.2) is 0 Å². The highest BCUT2D eigenvalue weighted by Gasteiger charge is 2.36. The van der Waals surface area contributed by atoms with Crippen molar-refractivity contribution in [1.29, 1.82) is 0 Å². The molecule has 0 aliphatic heterocycles. The minimum Gasteiger partial charge on any atom is -0.388 e. The van der Waals surface area contributed by atoms with E-state index in [9.17, 15) is 14.8 Å². The van der Waals surface area contributed by atoms with Crippen LogP contribution in [0.4, 0.5) is 0 Å². The first-order valence-corrected chi connectivity index (χ1v) is 7.13. The Morgan fingerprint density at radius 3 is 1.60 bits per heavy atom. The van der Waals surface area contributed by atoms with Gasteiger partial charge in [-0.2, -0.15) is 0 Å². The maximum absolute atomic E-state index is 11.7. The number of rotatable bonds is 12. The van der Waals surface area contributed by atoms with Crippen LogP contribution in [0.3, 0.4) is 0 Å². The van der Waals surface area contributed by atoms with Crippen LogP contribution in [0.2, 0.25) is 0 Å². The SMILES string of the molecule is C=CCOC(O[P+](=O)OC(OCC=C)C(C)O)C(C)O. The molecule has 8 heteroatoms. The second-order valence-corrected chi connectivity index (χ2v) is 4.77. The molecular weight excluding hydrogens is 287 g/mol. The fourth-order valence-corrected chi connectivity index (χ4v) is 1.90. The Morgan fingerprint density at radius 2 is 1.35 bits per heavy atom. The average molecular weight is 309 g/mol. The maximum atomic E-state index is 11.7. The van der Waals surface area contributed by atoms with Gasteiger partial charge in [-0.1, -0.05) is 21.2 Å². The monoisotopic (exact) mass is 309 g/mol. The highest BCUT2D eigenvalue weighted by atomic mass is 31.1. The topological polar surface area (TPSA) is 94.5 Å². The molecule has 4 unspecified atom stereocenters. The van der Waals surface area contributed by atoms with E-state index >= 15 is 0 Å². The van der Waals surface area contributed by atoms with Crippen LogP contribution in [0.25, 0.3) is 0 Å². The molecule has 0 aromatic rings. The van der Waals surface area contributed by atoms with Gasteiger partial charge in [-0.25, -0.2) is 0 Å². The molecule has 0 amide bonds. The molecule has 0 aromatic heterocycles. The summed E-state index contributed by atoms with van der Waals surface area (Å²) in [4.78, 5) is 0. The van der Waals surface area contributed by atoms with Gasteiger partial charge in [0.25, 0.3) is 0 Å². The first kappa shape index (κ1) is 19.3. The zero-order chi connectivity index (χ0) is 15.5. The third-order valence-electron chi connectivity index (χ3n) is 1.92. The van der Waals surface area contributed by atoms with Crippen LogP contribution in [0.15, 0.2) is 25.3 Å². The van der Waals surface area contributed by atoms with Crippen molar-refractivity contribution >= 4 is 8.25 Å². The van der Waals surface area contributed by atoms with Gasteiger partial charge in [0.2, 0.25) is 12.6 Å². The molecule has 2 N–H and O–H groups in total. The van der Waals surface area contributed by atoms with E-state index in [1.807, 2.05) is 0 Å². The van der Waals surface area contributed by atoms with E-state index in [-0.39, 0.29) is 13.2 Å². The predicted molar refractivity (Wildman–Crippen MR) is 73.0 cm³/mol. The van der Waals surface area contributed by atoms with Crippen molar-refractivity contribution in [3.8, 4) is 0 Å². The van der Waals surface area contributed by atoms with Crippen molar-refractivity contribution < 1.29 is 33.3 Å². The lowest BCUT2D eigenvalue weighted by atomic mass is 10.4. The normalized spacial score (nSPS) is 17.9. The predicted octanol–water partition coefficient (Wildman–Crippen LogP) is 1.50. The van der Waals surface area contributed by atoms with Gasteiger partial charge < -0.3 is 19.7 Å². The summed E-state index contributed by atoms with van der Waals surface area (Å²) in [6.45, 7) is 9.96. The van der Waals surface area contributed by atoms with Crippen LogP contribution in [0.5, 0.6) is 0 Å². The number of ether oxygens (including phenoxy) is 2. The minimum absolute atomic E-state index is 0.117. The summed E-state index contributed by atoms with van der Waals surface area (Å²) in [6, 6.07) is 0. The Hall–Kier alpha value is -0.660. The number of aliphatic hydroxyl groups is 2. The number of hydrogen-bond acceptors (Lipinski definition) is 7. The Kier molecular flexibility index (Phi) is 10.7. The van der Waals surface area contributed by atoms with Crippen molar-refractivity contribution in [2.45, 2.75) is 38.6 Å². The molecule has 0 aliphatic carbocycles. The van der Waals surface area contributed by atoms with E-state index in [1.165, 1.54) is 26.0 Å². The van der Waals surface area contributed by atoms with E-state index in [4.69, 9.17) is 18.5 Å². The second kappa shape index (κ2) is 11.0. The quantitative estimate of drug-likeness (QED) is 0.320. The molecule has 20 heavy (non-hydrogen) atoms. The minimum atomic E-state index is -2.65. The molecule has 0 rings (SSSR count). The van der Waals surface area contributed by atoms with Crippen molar-refractivity contribution in [2.75, 3.05) is 13.2 Å². The van der Waals surface area contributed by atoms with Crippen LogP contribution >= 0.6 is 8.25 Å². The van der Waals surface area contributed by atoms with Crippen LogP contribution in [-0.2, 0) is 23.1 Å². The molecule has 0 fully saturated rings. The van der Waals surface area contributed by atoms with E-state index in [0.29, 0.717) is 0 Å². The van der Waals surface area contributed by atoms with E-state index in [0.717, 1.165) is 0 Å². The van der Waals surface area contributed by atoms with Gasteiger partial charge in [0.1, 0.15) is 12.2 Å². The molecule has 0 aliphatic rings. The van der Waals surface area contributed by atoms with Gasteiger partial charge in [-0.15, -0.1) is 13.2 Å². The Balaban J connectivity index is 4.39. The van der Waals surface area contributed by atoms with Crippen molar-refractivity contribution in [1.82, 2.24) is 0 Å². The van der Waals surface area contributed by atoms with Crippen LogP contribution < -0.4 is 0 Å². The second-order valence-electron chi connectivity index (χ2n) is 3.90. The zero-order valence-corrected chi connectivity index (χ0v) is 12.6. The average Bonchev–Trinajstić information content (AvgIpc) is 2.38. The molecule has 0 radical (unpaired) electrons. The van der Waals surface area contributed by atoms with Gasteiger partial charge in [0.05, 0.1) is 13.2 Å². The zero-order valence-electron chi connectivity index (χ0n) is 11.7. The molecule has 4 atom stereocenters. The standard InChI is InChI=1S/C12H22O7P/c1-5-7-16-11(9(3)13)18-20(15)19-12(10(4)14)17-8-6-2/h5-6,9-14H,1-2,7-8H2,3-4H3/q+1. The lowest BCUT2D eigenvalue weighted by Crippen LogP contribution is -2.30. The Labute approximate surface area is 119 Å². The fraction of sp³-hybridized carbons (Fsp3) is 0.667. The highest BCUT2D eigenvalue weighted by molar-refractivity contribution is 7.33. The van der Waals surface area contributed by atoms with E-state index < -0.39 is 33.0 Å². The van der Waals surface area contributed by atoms with Crippen molar-refractivity contribution in [2.24, 2.45) is 0 Å². The lowest BCUT2D eigenvalue weighted by molar-refractivity contribution is -0.159. The van der Waals surface area contributed by atoms with E-state index in [1.54, 1.807) is 0 Å². The molecule has 0 saturated heterocycles. The van der Waals surface area contributed by atoms with Crippen LogP contribution in [0.1, 0.15) is 13.8 Å². The van der Waals surface area contributed by atoms with E-state index in [2.05, 4.69) is 13.2 Å². The summed E-state index contributed by atoms with van der Waals surface area (Å²) < 4.78 is 31.7. The van der Waals surface area contributed by atoms with Gasteiger partial charge in [-0.3, -0.25) is 0 Å². The summed E-state index contributed by atoms with van der Waals surface area (Å²) in [5.74, 6) is 0. The third kappa shape index (κ3) is 8.50. The fourth-order valence-electron chi connectivity index (χ4n) is 1.04. The van der Waals surface area contributed by atoms with Crippen molar-refractivity contribution in [3.63, 3.8) is 0 Å². The number of hydrogen-bond donors (Lipinski definition) is 2. The molecule has 0 spiro atoms. The van der Waals surface area contributed by atoms with Crippen molar-refractivity contribution in [3.05, 3.63) is 25.3 Å². The summed E-state index contributed by atoms with van der Waals surface area (Å²) in [5, 5.41) is 18.8. The maximum Gasteiger partial charge on any atom is 0.703 e. The number of aliphatic hydroxyl groups excluding tert-OH is 2. The summed E-state index contributed by atoms with van der Waals surface area (Å²) in [5.41, 5.74) is 0. The van der Waals surface area contributed by atoms with Crippen LogP contribution in [0, 0.1) is 0 Å². The molecule has 0 aromatic carbocycles. The van der Waals surface area contributed by atoms with Gasteiger partial charge >= 0.3 is 8.25 Å². The largest absolute Gasteiger partial charge is 0.703 e. The van der Waals surface area contributed by atoms with Gasteiger partial charge in [-0.05, 0) is 13.8 Å². The molecule has 0 heterocycles. The Bertz CT molecular complexity index is 278. The Morgan fingerprint density at radius 1 is 1.00 bits per heavy atom. The first-order valence-electron chi connectivity index (χ1n) is 6.04. The molecule has 0 saturated carbocycles. The molecule has 0 bridgehead atoms. The smallest absolute Gasteiger partial charge is 0.388 e. The summed E-state index contributed by atoms with van der Waals surface area (Å²) in [6.07, 6.45) is -1.39. The highest BCUT2D eigenvalue weighted by Crippen LogP contribution is 2.30.